The first-order valence-corrected chi connectivity index (χ1v) is 4.37. The molecule has 0 aliphatic rings. The molecule has 0 unspecified atom stereocenters. The summed E-state index contributed by atoms with van der Waals surface area (Å²) in [5, 5.41) is 9.50. The summed E-state index contributed by atoms with van der Waals surface area (Å²) in [6.45, 7) is 1.98. The fourth-order valence-electron chi connectivity index (χ4n) is 0.858. The molecule has 11 heavy (non-hydrogen) atoms. The highest BCUT2D eigenvalue weighted by Gasteiger charge is 2.01. The molecule has 0 aliphatic heterocycles. The molecular formula is C8H8BrClO. The van der Waals surface area contributed by atoms with Crippen LogP contribution in [0.2, 0.25) is 5.02 Å². The van der Waals surface area contributed by atoms with E-state index in [1.54, 1.807) is 6.07 Å². The number of halogens is 2. The highest BCUT2D eigenvalue weighted by molar-refractivity contribution is 9.10. The minimum atomic E-state index is 0.0405. The molecule has 1 rings (SSSR count). The standard InChI is InChI=1S/C8H8BrClO/c1-5-2-7(9)8(10)3-6(5)4-11/h2-3,11H,4H2,1H3. The number of benzene rings is 1. The summed E-state index contributed by atoms with van der Waals surface area (Å²) in [6.07, 6.45) is 0. The summed E-state index contributed by atoms with van der Waals surface area (Å²) < 4.78 is 0.869. The number of aryl methyl sites for hydroxylation is 1. The highest BCUT2D eigenvalue weighted by Crippen LogP contribution is 2.25. The average molecular weight is 236 g/mol. The van der Waals surface area contributed by atoms with Crippen molar-refractivity contribution in [3.63, 3.8) is 0 Å². The zero-order valence-electron chi connectivity index (χ0n) is 6.06. The number of hydrogen-bond acceptors (Lipinski definition) is 1. The summed E-state index contributed by atoms with van der Waals surface area (Å²) in [4.78, 5) is 0. The van der Waals surface area contributed by atoms with E-state index in [0.29, 0.717) is 5.02 Å². The van der Waals surface area contributed by atoms with Gasteiger partial charge in [-0.2, -0.15) is 0 Å². The Morgan fingerprint density at radius 3 is 2.73 bits per heavy atom. The third kappa shape index (κ3) is 1.95. The van der Waals surface area contributed by atoms with Crippen molar-refractivity contribution in [2.24, 2.45) is 0 Å². The van der Waals surface area contributed by atoms with E-state index in [0.717, 1.165) is 15.6 Å². The van der Waals surface area contributed by atoms with E-state index in [4.69, 9.17) is 16.7 Å². The minimum absolute atomic E-state index is 0.0405. The predicted molar refractivity (Wildman–Crippen MR) is 49.8 cm³/mol. The van der Waals surface area contributed by atoms with Crippen LogP contribution in [0.1, 0.15) is 11.1 Å². The van der Waals surface area contributed by atoms with Crippen LogP contribution in [-0.4, -0.2) is 5.11 Å². The third-order valence-electron chi connectivity index (χ3n) is 1.55. The first-order chi connectivity index (χ1) is 5.15. The molecule has 0 radical (unpaired) electrons. The predicted octanol–water partition coefficient (Wildman–Crippen LogP) is 2.90. The van der Waals surface area contributed by atoms with Crippen LogP contribution in [0.15, 0.2) is 16.6 Å². The van der Waals surface area contributed by atoms with Crippen LogP contribution in [0.5, 0.6) is 0 Å². The number of aliphatic hydroxyl groups excluding tert-OH is 1. The molecule has 0 fully saturated rings. The van der Waals surface area contributed by atoms with E-state index in [1.807, 2.05) is 13.0 Å². The summed E-state index contributed by atoms with van der Waals surface area (Å²) in [5.74, 6) is 0. The lowest BCUT2D eigenvalue weighted by atomic mass is 10.1. The fraction of sp³-hybridized carbons (Fsp3) is 0.250. The molecule has 0 aromatic heterocycles. The summed E-state index contributed by atoms with van der Waals surface area (Å²) >= 11 is 9.10. The van der Waals surface area contributed by atoms with Gasteiger partial charge in [0.05, 0.1) is 11.6 Å². The summed E-state index contributed by atoms with van der Waals surface area (Å²) in [5.41, 5.74) is 1.92. The van der Waals surface area contributed by atoms with Gasteiger partial charge in [-0.15, -0.1) is 0 Å². The maximum Gasteiger partial charge on any atom is 0.0684 e. The van der Waals surface area contributed by atoms with Gasteiger partial charge in [0.25, 0.3) is 0 Å². The normalized spacial score (nSPS) is 10.2. The average Bonchev–Trinajstić information content (AvgIpc) is 1.97. The van der Waals surface area contributed by atoms with Crippen LogP contribution in [-0.2, 0) is 6.61 Å². The van der Waals surface area contributed by atoms with Gasteiger partial charge in [-0.3, -0.25) is 0 Å². The van der Waals surface area contributed by atoms with Gasteiger partial charge >= 0.3 is 0 Å². The van der Waals surface area contributed by atoms with Crippen molar-refractivity contribution in [1.29, 1.82) is 0 Å². The topological polar surface area (TPSA) is 20.2 Å². The highest BCUT2D eigenvalue weighted by atomic mass is 79.9. The minimum Gasteiger partial charge on any atom is -0.392 e. The maximum atomic E-state index is 8.86. The van der Waals surface area contributed by atoms with E-state index < -0.39 is 0 Å². The molecule has 0 aliphatic carbocycles. The van der Waals surface area contributed by atoms with Crippen LogP contribution in [0.4, 0.5) is 0 Å². The monoisotopic (exact) mass is 234 g/mol. The van der Waals surface area contributed by atoms with Gasteiger partial charge in [0.1, 0.15) is 0 Å². The molecular weight excluding hydrogens is 227 g/mol. The lowest BCUT2D eigenvalue weighted by Crippen LogP contribution is -1.88. The molecule has 3 heteroatoms. The van der Waals surface area contributed by atoms with E-state index in [-0.39, 0.29) is 6.61 Å². The zero-order chi connectivity index (χ0) is 8.43. The number of hydrogen-bond donors (Lipinski definition) is 1. The SMILES string of the molecule is Cc1cc(Br)c(Cl)cc1CO. The molecule has 0 heterocycles. The quantitative estimate of drug-likeness (QED) is 0.793. The first-order valence-electron chi connectivity index (χ1n) is 3.20. The third-order valence-corrected chi connectivity index (χ3v) is 2.75. The molecule has 1 aromatic rings. The second kappa shape index (κ2) is 3.57. The second-order valence-electron chi connectivity index (χ2n) is 2.35. The van der Waals surface area contributed by atoms with Crippen LogP contribution >= 0.6 is 27.5 Å². The van der Waals surface area contributed by atoms with Crippen molar-refractivity contribution in [2.45, 2.75) is 13.5 Å². The molecule has 60 valence electrons. The molecule has 1 N–H and O–H groups in total. The summed E-state index contributed by atoms with van der Waals surface area (Å²) in [6, 6.07) is 3.66. The van der Waals surface area contributed by atoms with Crippen LogP contribution in [0.25, 0.3) is 0 Å². The van der Waals surface area contributed by atoms with Crippen molar-refractivity contribution in [1.82, 2.24) is 0 Å². The molecule has 0 saturated carbocycles. The van der Waals surface area contributed by atoms with Crippen molar-refractivity contribution in [3.8, 4) is 0 Å². The lowest BCUT2D eigenvalue weighted by Gasteiger charge is -2.03. The molecule has 0 atom stereocenters. The molecule has 0 spiro atoms. The molecule has 1 nitrogen and oxygen atoms in total. The van der Waals surface area contributed by atoms with Gasteiger partial charge in [-0.05, 0) is 46.1 Å². The maximum absolute atomic E-state index is 8.86. The molecule has 0 amide bonds. The van der Waals surface area contributed by atoms with Gasteiger partial charge in [0, 0.05) is 4.47 Å². The van der Waals surface area contributed by atoms with Gasteiger partial charge in [-0.1, -0.05) is 11.6 Å². The van der Waals surface area contributed by atoms with E-state index in [9.17, 15) is 0 Å². The Bertz CT molecular complexity index is 273. The van der Waals surface area contributed by atoms with Crippen molar-refractivity contribution < 1.29 is 5.11 Å². The Kier molecular flexibility index (Phi) is 2.93. The Hall–Kier alpha value is -0.0500. The molecule has 0 bridgehead atoms. The Morgan fingerprint density at radius 1 is 1.55 bits per heavy atom. The summed E-state index contributed by atoms with van der Waals surface area (Å²) in [7, 11) is 0. The lowest BCUT2D eigenvalue weighted by molar-refractivity contribution is 0.281. The molecule has 0 saturated heterocycles. The zero-order valence-corrected chi connectivity index (χ0v) is 8.41. The van der Waals surface area contributed by atoms with E-state index >= 15 is 0 Å². The van der Waals surface area contributed by atoms with E-state index in [2.05, 4.69) is 15.9 Å². The van der Waals surface area contributed by atoms with Crippen molar-refractivity contribution in [2.75, 3.05) is 0 Å². The largest absolute Gasteiger partial charge is 0.392 e. The number of rotatable bonds is 1. The van der Waals surface area contributed by atoms with Gasteiger partial charge < -0.3 is 5.11 Å². The Labute approximate surface area is 79.1 Å². The van der Waals surface area contributed by atoms with Crippen molar-refractivity contribution >= 4 is 27.5 Å². The Balaban J connectivity index is 3.21. The van der Waals surface area contributed by atoms with E-state index in [1.165, 1.54) is 0 Å². The van der Waals surface area contributed by atoms with Gasteiger partial charge in [0.15, 0.2) is 0 Å². The smallest absolute Gasteiger partial charge is 0.0684 e. The molecule has 1 aromatic carbocycles. The van der Waals surface area contributed by atoms with Crippen LogP contribution < -0.4 is 0 Å². The Morgan fingerprint density at radius 2 is 2.18 bits per heavy atom. The fourth-order valence-corrected chi connectivity index (χ4v) is 1.50. The first kappa shape index (κ1) is 9.04. The van der Waals surface area contributed by atoms with Crippen molar-refractivity contribution in [3.05, 3.63) is 32.8 Å². The van der Waals surface area contributed by atoms with Gasteiger partial charge in [0.2, 0.25) is 0 Å². The second-order valence-corrected chi connectivity index (χ2v) is 3.61. The van der Waals surface area contributed by atoms with Gasteiger partial charge in [-0.25, -0.2) is 0 Å². The van der Waals surface area contributed by atoms with Crippen LogP contribution in [0, 0.1) is 6.92 Å². The van der Waals surface area contributed by atoms with Crippen LogP contribution in [0.3, 0.4) is 0 Å². The number of aliphatic hydroxyl groups is 1.